The van der Waals surface area contributed by atoms with Crippen molar-refractivity contribution in [3.05, 3.63) is 5.82 Å². The quantitative estimate of drug-likeness (QED) is 0.319. The van der Waals surface area contributed by atoms with Crippen molar-refractivity contribution >= 4 is 6.03 Å². The number of carbonyl (C=O) groups is 1. The van der Waals surface area contributed by atoms with Gasteiger partial charge in [-0.2, -0.15) is 5.21 Å². The summed E-state index contributed by atoms with van der Waals surface area (Å²) in [5.41, 5.74) is 0. The van der Waals surface area contributed by atoms with Gasteiger partial charge in [-0.1, -0.05) is 5.21 Å². The first-order valence-electron chi connectivity index (χ1n) is 5.26. The van der Waals surface area contributed by atoms with Gasteiger partial charge in [0.15, 0.2) is 5.82 Å². The SMILES string of the molecule is CN(C)CCCN(N)C(=O)NCc1nn[nH]n1. The first kappa shape index (κ1) is 13.3. The molecule has 1 aromatic rings. The number of hydrogen-bond acceptors (Lipinski definition) is 6. The molecule has 9 nitrogen and oxygen atoms in total. The summed E-state index contributed by atoms with van der Waals surface area (Å²) in [4.78, 5) is 13.5. The largest absolute Gasteiger partial charge is 0.331 e. The number of amides is 2. The van der Waals surface area contributed by atoms with Crippen molar-refractivity contribution in [2.45, 2.75) is 13.0 Å². The smallest absolute Gasteiger partial charge is 0.329 e. The lowest BCUT2D eigenvalue weighted by Crippen LogP contribution is -2.45. The van der Waals surface area contributed by atoms with E-state index in [0.717, 1.165) is 18.0 Å². The van der Waals surface area contributed by atoms with Crippen LogP contribution in [0.2, 0.25) is 0 Å². The van der Waals surface area contributed by atoms with E-state index < -0.39 is 0 Å². The number of aromatic nitrogens is 4. The number of hydrazine groups is 1. The molecule has 1 heterocycles. The Bertz CT molecular complexity index is 324. The van der Waals surface area contributed by atoms with Gasteiger partial charge in [0, 0.05) is 6.54 Å². The molecule has 0 fully saturated rings. The maximum atomic E-state index is 11.5. The molecule has 96 valence electrons. The van der Waals surface area contributed by atoms with Crippen molar-refractivity contribution in [1.29, 1.82) is 0 Å². The number of hydrogen-bond donors (Lipinski definition) is 3. The fourth-order valence-corrected chi connectivity index (χ4v) is 1.17. The minimum Gasteiger partial charge on any atom is -0.329 e. The van der Waals surface area contributed by atoms with E-state index in [0.29, 0.717) is 12.4 Å². The lowest BCUT2D eigenvalue weighted by molar-refractivity contribution is 0.195. The lowest BCUT2D eigenvalue weighted by Gasteiger charge is -2.18. The van der Waals surface area contributed by atoms with Crippen LogP contribution in [0.3, 0.4) is 0 Å². The Kier molecular flexibility index (Phi) is 5.30. The number of aromatic amines is 1. The first-order chi connectivity index (χ1) is 8.09. The molecule has 0 atom stereocenters. The van der Waals surface area contributed by atoms with E-state index in [2.05, 4.69) is 25.9 Å². The number of tetrazole rings is 1. The Morgan fingerprint density at radius 2 is 2.24 bits per heavy atom. The standard InChI is InChI=1S/C8H18N8O/c1-15(2)4-3-5-16(9)8(17)10-6-7-11-13-14-12-7/h3-6,9H2,1-2H3,(H,10,17)(H,11,12,13,14). The van der Waals surface area contributed by atoms with E-state index in [1.54, 1.807) is 0 Å². The van der Waals surface area contributed by atoms with Crippen molar-refractivity contribution < 1.29 is 4.79 Å². The van der Waals surface area contributed by atoms with Crippen LogP contribution in [-0.2, 0) is 6.54 Å². The molecule has 0 radical (unpaired) electrons. The minimum absolute atomic E-state index is 0.205. The highest BCUT2D eigenvalue weighted by Crippen LogP contribution is 1.89. The average molecular weight is 242 g/mol. The molecule has 0 aliphatic rings. The second kappa shape index (κ2) is 6.76. The summed E-state index contributed by atoms with van der Waals surface area (Å²) >= 11 is 0. The Morgan fingerprint density at radius 1 is 1.47 bits per heavy atom. The Morgan fingerprint density at radius 3 is 2.82 bits per heavy atom. The number of nitrogens with one attached hydrogen (secondary N) is 2. The van der Waals surface area contributed by atoms with Crippen LogP contribution in [0, 0.1) is 0 Å². The zero-order chi connectivity index (χ0) is 12.7. The Balaban J connectivity index is 2.18. The van der Waals surface area contributed by atoms with E-state index in [1.165, 1.54) is 0 Å². The van der Waals surface area contributed by atoms with Crippen molar-refractivity contribution in [1.82, 2.24) is 35.8 Å². The van der Waals surface area contributed by atoms with Crippen molar-refractivity contribution in [2.24, 2.45) is 5.84 Å². The van der Waals surface area contributed by atoms with E-state index >= 15 is 0 Å². The maximum absolute atomic E-state index is 11.5. The summed E-state index contributed by atoms with van der Waals surface area (Å²) in [6.45, 7) is 1.58. The Hall–Kier alpha value is -1.74. The van der Waals surface area contributed by atoms with Gasteiger partial charge >= 0.3 is 6.03 Å². The summed E-state index contributed by atoms with van der Waals surface area (Å²) in [6.07, 6.45) is 0.819. The molecular formula is C8H18N8O. The molecule has 2 amide bonds. The second-order valence-corrected chi connectivity index (χ2v) is 3.84. The fourth-order valence-electron chi connectivity index (χ4n) is 1.17. The predicted octanol–water partition coefficient (Wildman–Crippen LogP) is -1.46. The van der Waals surface area contributed by atoms with Crippen LogP contribution in [0.1, 0.15) is 12.2 Å². The van der Waals surface area contributed by atoms with Gasteiger partial charge in [-0.15, -0.1) is 10.2 Å². The molecule has 0 unspecified atom stereocenters. The molecule has 0 aromatic carbocycles. The van der Waals surface area contributed by atoms with Crippen LogP contribution in [0.15, 0.2) is 0 Å². The van der Waals surface area contributed by atoms with Crippen LogP contribution in [-0.4, -0.2) is 63.7 Å². The van der Waals surface area contributed by atoms with E-state index in [1.807, 2.05) is 19.0 Å². The topological polar surface area (TPSA) is 116 Å². The highest BCUT2D eigenvalue weighted by Gasteiger charge is 2.09. The molecule has 0 bridgehead atoms. The third-order valence-corrected chi connectivity index (χ3v) is 2.05. The third kappa shape index (κ3) is 5.22. The van der Waals surface area contributed by atoms with E-state index in [9.17, 15) is 4.79 Å². The highest BCUT2D eigenvalue weighted by atomic mass is 16.2. The van der Waals surface area contributed by atoms with Gasteiger partial charge in [0.25, 0.3) is 0 Å². The second-order valence-electron chi connectivity index (χ2n) is 3.84. The van der Waals surface area contributed by atoms with Crippen LogP contribution < -0.4 is 11.2 Å². The van der Waals surface area contributed by atoms with E-state index in [4.69, 9.17) is 5.84 Å². The van der Waals surface area contributed by atoms with Crippen molar-refractivity contribution in [3.8, 4) is 0 Å². The van der Waals surface area contributed by atoms with Gasteiger partial charge < -0.3 is 10.2 Å². The predicted molar refractivity (Wildman–Crippen MR) is 60.5 cm³/mol. The molecule has 0 aliphatic carbocycles. The van der Waals surface area contributed by atoms with Gasteiger partial charge in [0.05, 0.1) is 6.54 Å². The lowest BCUT2D eigenvalue weighted by atomic mass is 10.4. The van der Waals surface area contributed by atoms with Crippen LogP contribution in [0.25, 0.3) is 0 Å². The summed E-state index contributed by atoms with van der Waals surface area (Å²) in [5, 5.41) is 16.8. The van der Waals surface area contributed by atoms with Crippen LogP contribution in [0.5, 0.6) is 0 Å². The van der Waals surface area contributed by atoms with E-state index in [-0.39, 0.29) is 12.6 Å². The van der Waals surface area contributed by atoms with Crippen LogP contribution in [0.4, 0.5) is 4.79 Å². The van der Waals surface area contributed by atoms with Gasteiger partial charge in [-0.3, -0.25) is 5.01 Å². The zero-order valence-corrected chi connectivity index (χ0v) is 10.1. The first-order valence-corrected chi connectivity index (χ1v) is 5.26. The van der Waals surface area contributed by atoms with Crippen LogP contribution >= 0.6 is 0 Å². The molecule has 0 spiro atoms. The zero-order valence-electron chi connectivity index (χ0n) is 10.1. The Labute approximate surface area is 99.3 Å². The van der Waals surface area contributed by atoms with Gasteiger partial charge in [0.1, 0.15) is 0 Å². The van der Waals surface area contributed by atoms with Gasteiger partial charge in [-0.05, 0) is 27.1 Å². The molecule has 0 saturated heterocycles. The summed E-state index contributed by atoms with van der Waals surface area (Å²) in [6, 6.07) is -0.353. The number of carbonyl (C=O) groups excluding carboxylic acids is 1. The van der Waals surface area contributed by atoms with Gasteiger partial charge in [0.2, 0.25) is 0 Å². The fraction of sp³-hybridized carbons (Fsp3) is 0.750. The number of nitrogens with zero attached hydrogens (tertiary/aromatic N) is 5. The molecular weight excluding hydrogens is 224 g/mol. The molecule has 0 saturated carbocycles. The number of H-pyrrole nitrogens is 1. The average Bonchev–Trinajstić information content (AvgIpc) is 2.78. The summed E-state index contributed by atoms with van der Waals surface area (Å²) in [7, 11) is 3.94. The third-order valence-electron chi connectivity index (χ3n) is 2.05. The summed E-state index contributed by atoms with van der Waals surface area (Å²) in [5.74, 6) is 6.00. The van der Waals surface area contributed by atoms with Gasteiger partial charge in [-0.25, -0.2) is 10.6 Å². The number of nitrogens with two attached hydrogens (primary N) is 1. The monoisotopic (exact) mass is 242 g/mol. The molecule has 1 rings (SSSR count). The number of rotatable bonds is 6. The number of urea groups is 1. The highest BCUT2D eigenvalue weighted by molar-refractivity contribution is 5.73. The normalized spacial score (nSPS) is 10.6. The van der Waals surface area contributed by atoms with Crippen molar-refractivity contribution in [2.75, 3.05) is 27.2 Å². The molecule has 0 aliphatic heterocycles. The summed E-state index contributed by atoms with van der Waals surface area (Å²) < 4.78 is 0. The van der Waals surface area contributed by atoms with Crippen molar-refractivity contribution in [3.63, 3.8) is 0 Å². The molecule has 4 N–H and O–H groups in total. The molecule has 17 heavy (non-hydrogen) atoms. The molecule has 9 heteroatoms. The minimum atomic E-state index is -0.353. The molecule has 1 aromatic heterocycles. The maximum Gasteiger partial charge on any atom is 0.331 e.